The molecule has 2 aromatic carbocycles. The van der Waals surface area contributed by atoms with Gasteiger partial charge in [0.05, 0.1) is 6.10 Å². The largest absolute Gasteiger partial charge is 0.381 e. The van der Waals surface area contributed by atoms with E-state index >= 15 is 0 Å². The highest BCUT2D eigenvalue weighted by Gasteiger charge is 2.18. The number of amides is 1. The third-order valence-electron chi connectivity index (χ3n) is 4.35. The van der Waals surface area contributed by atoms with E-state index in [-0.39, 0.29) is 5.91 Å². The van der Waals surface area contributed by atoms with Crippen LogP contribution in [0, 0.1) is 5.82 Å². The van der Waals surface area contributed by atoms with Gasteiger partial charge in [-0.25, -0.2) is 4.39 Å². The number of anilines is 2. The molecule has 0 spiro atoms. The van der Waals surface area contributed by atoms with E-state index in [9.17, 15) is 9.18 Å². The Morgan fingerprint density at radius 1 is 1.17 bits per heavy atom. The van der Waals surface area contributed by atoms with Crippen molar-refractivity contribution in [3.05, 3.63) is 59.9 Å². The second kappa shape index (κ2) is 7.45. The average molecular weight is 328 g/mol. The van der Waals surface area contributed by atoms with Crippen molar-refractivity contribution in [3.63, 3.8) is 0 Å². The smallest absolute Gasteiger partial charge is 0.255 e. The fourth-order valence-corrected chi connectivity index (χ4v) is 2.94. The molecule has 1 aliphatic rings. The number of nitrogens with zero attached hydrogens (tertiary/aromatic N) is 1. The van der Waals surface area contributed by atoms with Crippen LogP contribution in [0.3, 0.4) is 0 Å². The Bertz CT molecular complexity index is 695. The molecule has 1 saturated heterocycles. The summed E-state index contributed by atoms with van der Waals surface area (Å²) in [5.74, 6) is -0.736. The zero-order chi connectivity index (χ0) is 16.9. The summed E-state index contributed by atoms with van der Waals surface area (Å²) < 4.78 is 18.6. The Morgan fingerprint density at radius 2 is 1.88 bits per heavy atom. The van der Waals surface area contributed by atoms with Gasteiger partial charge in [0.2, 0.25) is 0 Å². The Kier molecular flexibility index (Phi) is 5.11. The molecule has 1 amide bonds. The number of carbonyl (C=O) groups is 1. The highest BCUT2D eigenvalue weighted by atomic mass is 19.1. The Morgan fingerprint density at radius 3 is 2.50 bits per heavy atom. The Hall–Kier alpha value is -2.40. The van der Waals surface area contributed by atoms with Gasteiger partial charge in [-0.2, -0.15) is 0 Å². The van der Waals surface area contributed by atoms with Gasteiger partial charge in [-0.15, -0.1) is 0 Å². The molecule has 0 bridgehead atoms. The number of carbonyl (C=O) groups excluding carboxylic acids is 1. The van der Waals surface area contributed by atoms with Crippen LogP contribution < -0.4 is 10.2 Å². The molecular weight excluding hydrogens is 307 g/mol. The second-order valence-electron chi connectivity index (χ2n) is 5.93. The van der Waals surface area contributed by atoms with Crippen molar-refractivity contribution in [2.45, 2.75) is 18.9 Å². The van der Waals surface area contributed by atoms with Crippen molar-refractivity contribution in [1.29, 1.82) is 0 Å². The average Bonchev–Trinajstić information content (AvgIpc) is 2.62. The van der Waals surface area contributed by atoms with Crippen molar-refractivity contribution < 1.29 is 13.9 Å². The summed E-state index contributed by atoms with van der Waals surface area (Å²) >= 11 is 0. The molecule has 1 aliphatic heterocycles. The van der Waals surface area contributed by atoms with Crippen molar-refractivity contribution in [1.82, 2.24) is 0 Å². The third-order valence-corrected chi connectivity index (χ3v) is 4.35. The molecule has 0 aliphatic carbocycles. The van der Waals surface area contributed by atoms with Crippen LogP contribution in [0.15, 0.2) is 48.5 Å². The maximum absolute atomic E-state index is 13.2. The molecule has 0 unspecified atom stereocenters. The summed E-state index contributed by atoms with van der Waals surface area (Å²) in [5.41, 5.74) is 2.13. The summed E-state index contributed by atoms with van der Waals surface area (Å²) in [6.45, 7) is 1.93. The van der Waals surface area contributed by atoms with Gasteiger partial charge in [0, 0.05) is 37.1 Å². The van der Waals surface area contributed by atoms with Crippen LogP contribution in [0.4, 0.5) is 15.8 Å². The van der Waals surface area contributed by atoms with E-state index in [0.29, 0.717) is 17.4 Å². The topological polar surface area (TPSA) is 41.6 Å². The lowest BCUT2D eigenvalue weighted by molar-refractivity contribution is 0.0819. The van der Waals surface area contributed by atoms with Crippen LogP contribution in [-0.4, -0.2) is 32.2 Å². The first-order valence-electron chi connectivity index (χ1n) is 8.10. The monoisotopic (exact) mass is 328 g/mol. The Balaban J connectivity index is 1.61. The van der Waals surface area contributed by atoms with Gasteiger partial charge >= 0.3 is 0 Å². The number of nitrogens with one attached hydrogen (secondary N) is 1. The first-order chi connectivity index (χ1) is 11.7. The molecule has 5 heteroatoms. The lowest BCUT2D eigenvalue weighted by Crippen LogP contribution is -2.36. The molecule has 0 aromatic heterocycles. The summed E-state index contributed by atoms with van der Waals surface area (Å²) in [7, 11) is 1.76. The lowest BCUT2D eigenvalue weighted by Gasteiger charge is -2.33. The summed E-state index contributed by atoms with van der Waals surface area (Å²) in [4.78, 5) is 14.4. The lowest BCUT2D eigenvalue weighted by atomic mass is 10.1. The molecule has 0 radical (unpaired) electrons. The number of halogens is 1. The van der Waals surface area contributed by atoms with E-state index in [1.165, 1.54) is 18.2 Å². The first-order valence-corrected chi connectivity index (χ1v) is 8.10. The highest BCUT2D eigenvalue weighted by molar-refractivity contribution is 6.04. The number of methoxy groups -OCH3 is 1. The van der Waals surface area contributed by atoms with Crippen molar-refractivity contribution in [2.75, 3.05) is 30.4 Å². The molecule has 0 saturated carbocycles. The minimum Gasteiger partial charge on any atom is -0.381 e. The fourth-order valence-electron chi connectivity index (χ4n) is 2.94. The summed E-state index contributed by atoms with van der Waals surface area (Å²) in [6, 6.07) is 13.4. The predicted octanol–water partition coefficient (Wildman–Crippen LogP) is 3.69. The van der Waals surface area contributed by atoms with Crippen LogP contribution >= 0.6 is 0 Å². The zero-order valence-electron chi connectivity index (χ0n) is 13.7. The normalized spacial score (nSPS) is 15.3. The molecule has 1 fully saturated rings. The second-order valence-corrected chi connectivity index (χ2v) is 5.93. The summed E-state index contributed by atoms with van der Waals surface area (Å²) in [5, 5.41) is 2.79. The predicted molar refractivity (Wildman–Crippen MR) is 93.0 cm³/mol. The highest BCUT2D eigenvalue weighted by Crippen LogP contribution is 2.23. The Labute approximate surface area is 141 Å². The van der Waals surface area contributed by atoms with Gasteiger partial charge in [0.25, 0.3) is 5.91 Å². The molecular formula is C19H21FN2O2. The maximum atomic E-state index is 13.2. The van der Waals surface area contributed by atoms with Gasteiger partial charge in [-0.05, 0) is 55.3 Å². The van der Waals surface area contributed by atoms with Gasteiger partial charge in [-0.3, -0.25) is 4.79 Å². The molecule has 0 atom stereocenters. The van der Waals surface area contributed by atoms with E-state index in [0.717, 1.165) is 31.6 Å². The van der Waals surface area contributed by atoms with Crippen LogP contribution in [0.5, 0.6) is 0 Å². The number of hydrogen-bond acceptors (Lipinski definition) is 3. The van der Waals surface area contributed by atoms with E-state index in [4.69, 9.17) is 4.74 Å². The molecule has 3 rings (SSSR count). The van der Waals surface area contributed by atoms with Crippen molar-refractivity contribution in [2.24, 2.45) is 0 Å². The molecule has 1 heterocycles. The van der Waals surface area contributed by atoms with Crippen LogP contribution in [0.1, 0.15) is 23.2 Å². The SMILES string of the molecule is COC1CCN(c2ccc(NC(=O)c3cccc(F)c3)cc2)CC1. The number of benzene rings is 2. The fraction of sp³-hybridized carbons (Fsp3) is 0.316. The first kappa shape index (κ1) is 16.5. The quantitative estimate of drug-likeness (QED) is 0.930. The molecule has 126 valence electrons. The summed E-state index contributed by atoms with van der Waals surface area (Å²) in [6.07, 6.45) is 2.40. The maximum Gasteiger partial charge on any atom is 0.255 e. The molecule has 24 heavy (non-hydrogen) atoms. The van der Waals surface area contributed by atoms with Crippen LogP contribution in [0.25, 0.3) is 0 Å². The number of piperidine rings is 1. The standard InChI is InChI=1S/C19H21FN2O2/c1-24-18-9-11-22(12-10-18)17-7-5-16(6-8-17)21-19(23)14-3-2-4-15(20)13-14/h2-8,13,18H,9-12H2,1H3,(H,21,23). The van der Waals surface area contributed by atoms with Crippen molar-refractivity contribution >= 4 is 17.3 Å². The van der Waals surface area contributed by atoms with E-state index in [1.807, 2.05) is 24.3 Å². The minimum atomic E-state index is -0.419. The van der Waals surface area contributed by atoms with Gasteiger partial charge in [0.15, 0.2) is 0 Å². The minimum absolute atomic E-state index is 0.306. The zero-order valence-corrected chi connectivity index (χ0v) is 13.7. The van der Waals surface area contributed by atoms with Gasteiger partial charge in [0.1, 0.15) is 5.82 Å². The van der Waals surface area contributed by atoms with E-state index in [2.05, 4.69) is 10.2 Å². The van der Waals surface area contributed by atoms with Crippen LogP contribution in [-0.2, 0) is 4.74 Å². The third kappa shape index (κ3) is 3.92. The van der Waals surface area contributed by atoms with Gasteiger partial charge in [-0.1, -0.05) is 6.07 Å². The molecule has 2 aromatic rings. The number of ether oxygens (including phenoxy) is 1. The number of rotatable bonds is 4. The van der Waals surface area contributed by atoms with Gasteiger partial charge < -0.3 is 15.0 Å². The van der Waals surface area contributed by atoms with E-state index in [1.54, 1.807) is 13.2 Å². The molecule has 4 nitrogen and oxygen atoms in total. The van der Waals surface area contributed by atoms with Crippen molar-refractivity contribution in [3.8, 4) is 0 Å². The van der Waals surface area contributed by atoms with Crippen LogP contribution in [0.2, 0.25) is 0 Å². The number of hydrogen-bond donors (Lipinski definition) is 1. The molecule has 1 N–H and O–H groups in total. The van der Waals surface area contributed by atoms with E-state index < -0.39 is 5.82 Å².